The van der Waals surface area contributed by atoms with Gasteiger partial charge in [0.1, 0.15) is 0 Å². The molecule has 1 atom stereocenters. The van der Waals surface area contributed by atoms with Crippen molar-refractivity contribution in [2.24, 2.45) is 5.73 Å². The highest BCUT2D eigenvalue weighted by Crippen LogP contribution is 2.19. The van der Waals surface area contributed by atoms with Crippen LogP contribution >= 0.6 is 24.8 Å². The van der Waals surface area contributed by atoms with Gasteiger partial charge in [0, 0.05) is 12.6 Å². The fourth-order valence-corrected chi connectivity index (χ4v) is 2.08. The molecule has 1 aliphatic heterocycles. The number of rotatable bonds is 4. The zero-order chi connectivity index (χ0) is 11.5. The van der Waals surface area contributed by atoms with E-state index in [1.165, 1.54) is 30.6 Å². The summed E-state index contributed by atoms with van der Waals surface area (Å²) in [4.78, 5) is 2.42. The lowest BCUT2D eigenvalue weighted by molar-refractivity contribution is 0.170. The van der Waals surface area contributed by atoms with E-state index in [0.717, 1.165) is 6.54 Å². The monoisotopic (exact) mass is 290 g/mol. The lowest BCUT2D eigenvalue weighted by Gasteiger charge is -2.33. The normalized spacial score (nSPS) is 16.4. The van der Waals surface area contributed by atoms with Crippen LogP contribution in [0.3, 0.4) is 0 Å². The Morgan fingerprint density at radius 1 is 1.06 bits per heavy atom. The minimum absolute atomic E-state index is 0. The summed E-state index contributed by atoms with van der Waals surface area (Å²) >= 11 is 0. The molecule has 1 heterocycles. The maximum atomic E-state index is 6.19. The molecule has 0 bridgehead atoms. The van der Waals surface area contributed by atoms with Crippen LogP contribution in [0, 0.1) is 0 Å². The molecule has 1 saturated heterocycles. The average molecular weight is 291 g/mol. The van der Waals surface area contributed by atoms with Crippen LogP contribution < -0.4 is 5.73 Å². The van der Waals surface area contributed by atoms with Gasteiger partial charge in [0.15, 0.2) is 0 Å². The van der Waals surface area contributed by atoms with Gasteiger partial charge in [-0.25, -0.2) is 0 Å². The first-order chi connectivity index (χ1) is 7.66. The standard InChI is InChI=1S/C14H22N2.2ClH/c1-11(2)12-4-6-13(7-5-12)14(15)10-16-8-3-9-16;;/h4-7,11,14H,3,8-10,15H2,1-2H3;2*1H. The third-order valence-corrected chi connectivity index (χ3v) is 3.43. The van der Waals surface area contributed by atoms with Crippen LogP contribution in [0.1, 0.15) is 43.4 Å². The van der Waals surface area contributed by atoms with Crippen molar-refractivity contribution in [1.82, 2.24) is 4.90 Å². The van der Waals surface area contributed by atoms with Gasteiger partial charge < -0.3 is 10.6 Å². The molecule has 0 saturated carbocycles. The molecule has 1 unspecified atom stereocenters. The Balaban J connectivity index is 0.00000144. The smallest absolute Gasteiger partial charge is 0.0424 e. The Morgan fingerprint density at radius 3 is 1.94 bits per heavy atom. The number of likely N-dealkylation sites (tertiary alicyclic amines) is 1. The van der Waals surface area contributed by atoms with E-state index in [1.54, 1.807) is 0 Å². The van der Waals surface area contributed by atoms with E-state index in [-0.39, 0.29) is 30.9 Å². The van der Waals surface area contributed by atoms with Gasteiger partial charge in [-0.1, -0.05) is 38.1 Å². The maximum Gasteiger partial charge on any atom is 0.0424 e. The Labute approximate surface area is 123 Å². The first kappa shape index (κ1) is 17.7. The fourth-order valence-electron chi connectivity index (χ4n) is 2.08. The number of nitrogens with zero attached hydrogens (tertiary/aromatic N) is 1. The van der Waals surface area contributed by atoms with Crippen LogP contribution in [-0.4, -0.2) is 24.5 Å². The molecule has 0 radical (unpaired) electrons. The molecule has 1 aromatic carbocycles. The number of hydrogen-bond donors (Lipinski definition) is 1. The van der Waals surface area contributed by atoms with Gasteiger partial charge in [0.2, 0.25) is 0 Å². The molecular weight excluding hydrogens is 267 g/mol. The van der Waals surface area contributed by atoms with E-state index in [4.69, 9.17) is 5.73 Å². The van der Waals surface area contributed by atoms with Crippen LogP contribution in [-0.2, 0) is 0 Å². The van der Waals surface area contributed by atoms with E-state index in [1.807, 2.05) is 0 Å². The topological polar surface area (TPSA) is 29.3 Å². The third kappa shape index (κ3) is 4.43. The molecule has 0 amide bonds. The number of benzene rings is 1. The Hall–Kier alpha value is -0.280. The predicted octanol–water partition coefficient (Wildman–Crippen LogP) is 3.36. The van der Waals surface area contributed by atoms with Gasteiger partial charge >= 0.3 is 0 Å². The Morgan fingerprint density at radius 2 is 1.56 bits per heavy atom. The van der Waals surface area contributed by atoms with E-state index in [2.05, 4.69) is 43.0 Å². The summed E-state index contributed by atoms with van der Waals surface area (Å²) < 4.78 is 0. The molecule has 1 aliphatic rings. The van der Waals surface area contributed by atoms with Crippen molar-refractivity contribution in [2.45, 2.75) is 32.2 Å². The maximum absolute atomic E-state index is 6.19. The average Bonchev–Trinajstić information content (AvgIpc) is 2.23. The molecule has 2 N–H and O–H groups in total. The molecule has 0 aliphatic carbocycles. The largest absolute Gasteiger partial charge is 0.323 e. The van der Waals surface area contributed by atoms with Crippen molar-refractivity contribution in [3.05, 3.63) is 35.4 Å². The highest BCUT2D eigenvalue weighted by atomic mass is 35.5. The summed E-state index contributed by atoms with van der Waals surface area (Å²) in [5.74, 6) is 0.598. The van der Waals surface area contributed by atoms with E-state index < -0.39 is 0 Å². The van der Waals surface area contributed by atoms with Crippen molar-refractivity contribution >= 4 is 24.8 Å². The lowest BCUT2D eigenvalue weighted by Crippen LogP contribution is -2.41. The summed E-state index contributed by atoms with van der Waals surface area (Å²) in [6.45, 7) is 7.88. The quantitative estimate of drug-likeness (QED) is 0.921. The fraction of sp³-hybridized carbons (Fsp3) is 0.571. The molecule has 2 rings (SSSR count). The third-order valence-electron chi connectivity index (χ3n) is 3.43. The highest BCUT2D eigenvalue weighted by molar-refractivity contribution is 5.85. The van der Waals surface area contributed by atoms with E-state index >= 15 is 0 Å². The number of hydrogen-bond acceptors (Lipinski definition) is 2. The second-order valence-electron chi connectivity index (χ2n) is 5.08. The van der Waals surface area contributed by atoms with Crippen LogP contribution in [0.4, 0.5) is 0 Å². The van der Waals surface area contributed by atoms with E-state index in [9.17, 15) is 0 Å². The molecular formula is C14H24Cl2N2. The van der Waals surface area contributed by atoms with Crippen molar-refractivity contribution in [3.8, 4) is 0 Å². The molecule has 1 aromatic rings. The minimum atomic E-state index is 0. The number of nitrogens with two attached hydrogens (primary N) is 1. The molecule has 0 spiro atoms. The summed E-state index contributed by atoms with van der Waals surface area (Å²) in [6, 6.07) is 8.94. The first-order valence-electron chi connectivity index (χ1n) is 6.24. The van der Waals surface area contributed by atoms with Crippen LogP contribution in [0.25, 0.3) is 0 Å². The van der Waals surface area contributed by atoms with Crippen molar-refractivity contribution in [2.75, 3.05) is 19.6 Å². The molecule has 0 aromatic heterocycles. The SMILES string of the molecule is CC(C)c1ccc(C(N)CN2CCC2)cc1.Cl.Cl. The molecule has 4 heteroatoms. The second kappa shape index (κ2) is 8.00. The van der Waals surface area contributed by atoms with Crippen molar-refractivity contribution < 1.29 is 0 Å². The molecule has 104 valence electrons. The zero-order valence-electron chi connectivity index (χ0n) is 11.1. The summed E-state index contributed by atoms with van der Waals surface area (Å²) in [5, 5.41) is 0. The van der Waals surface area contributed by atoms with Gasteiger partial charge in [-0.2, -0.15) is 0 Å². The zero-order valence-corrected chi connectivity index (χ0v) is 12.8. The highest BCUT2D eigenvalue weighted by Gasteiger charge is 2.17. The van der Waals surface area contributed by atoms with Crippen LogP contribution in [0.5, 0.6) is 0 Å². The van der Waals surface area contributed by atoms with Crippen LogP contribution in [0.2, 0.25) is 0 Å². The summed E-state index contributed by atoms with van der Waals surface area (Å²) in [6.07, 6.45) is 1.33. The minimum Gasteiger partial charge on any atom is -0.323 e. The number of halogens is 2. The van der Waals surface area contributed by atoms with Crippen LogP contribution in [0.15, 0.2) is 24.3 Å². The van der Waals surface area contributed by atoms with Gasteiger partial charge in [-0.05, 0) is 36.6 Å². The summed E-state index contributed by atoms with van der Waals surface area (Å²) in [5.41, 5.74) is 8.84. The second-order valence-corrected chi connectivity index (χ2v) is 5.08. The Bertz CT molecular complexity index is 334. The molecule has 1 fully saturated rings. The molecule has 18 heavy (non-hydrogen) atoms. The molecule has 2 nitrogen and oxygen atoms in total. The predicted molar refractivity (Wildman–Crippen MR) is 83.0 cm³/mol. The summed E-state index contributed by atoms with van der Waals surface area (Å²) in [7, 11) is 0. The van der Waals surface area contributed by atoms with Gasteiger partial charge in [0.25, 0.3) is 0 Å². The lowest BCUT2D eigenvalue weighted by atomic mass is 9.99. The Kier molecular flexibility index (Phi) is 7.88. The van der Waals surface area contributed by atoms with Gasteiger partial charge in [0.05, 0.1) is 0 Å². The van der Waals surface area contributed by atoms with Gasteiger partial charge in [-0.15, -0.1) is 24.8 Å². The van der Waals surface area contributed by atoms with Crippen molar-refractivity contribution in [3.63, 3.8) is 0 Å². The van der Waals surface area contributed by atoms with Gasteiger partial charge in [-0.3, -0.25) is 0 Å². The van der Waals surface area contributed by atoms with Crippen molar-refractivity contribution in [1.29, 1.82) is 0 Å². The van der Waals surface area contributed by atoms with E-state index in [0.29, 0.717) is 5.92 Å². The first-order valence-corrected chi connectivity index (χ1v) is 6.24.